The van der Waals surface area contributed by atoms with E-state index in [4.69, 9.17) is 15.0 Å². The summed E-state index contributed by atoms with van der Waals surface area (Å²) in [5, 5.41) is 3.35. The number of azide groups is 1. The lowest BCUT2D eigenvalue weighted by Gasteiger charge is -2.23. The van der Waals surface area contributed by atoms with Crippen molar-refractivity contribution in [1.82, 2.24) is 0 Å². The second-order valence-corrected chi connectivity index (χ2v) is 4.19. The van der Waals surface area contributed by atoms with E-state index < -0.39 is 0 Å². The summed E-state index contributed by atoms with van der Waals surface area (Å²) in [4.78, 5) is 2.62. The van der Waals surface area contributed by atoms with E-state index in [1.807, 2.05) is 0 Å². The molecule has 0 bridgehead atoms. The molecule has 0 saturated carbocycles. The average Bonchev–Trinajstić information content (AvgIpc) is 2.14. The lowest BCUT2D eigenvalue weighted by Crippen LogP contribution is -2.37. The lowest BCUT2D eigenvalue weighted by atomic mass is 10.5. The normalized spacial score (nSPS) is 11.1. The standard InChI is InChI=1S/C9H21N4O2/c1-13(2,3)5-7-15-9-8-14-6-4-11-12-10/h4-9H2,1-3H3/q+1. The van der Waals surface area contributed by atoms with E-state index in [0.717, 1.165) is 17.6 Å². The maximum absolute atomic E-state index is 7.99. The molecule has 0 aromatic rings. The van der Waals surface area contributed by atoms with E-state index >= 15 is 0 Å². The first kappa shape index (κ1) is 14.2. The average molecular weight is 217 g/mol. The van der Waals surface area contributed by atoms with Crippen molar-refractivity contribution < 1.29 is 14.0 Å². The second-order valence-electron chi connectivity index (χ2n) is 4.19. The summed E-state index contributed by atoms with van der Waals surface area (Å²) < 4.78 is 11.4. The Morgan fingerprint density at radius 3 is 2.20 bits per heavy atom. The van der Waals surface area contributed by atoms with Gasteiger partial charge >= 0.3 is 0 Å². The zero-order valence-electron chi connectivity index (χ0n) is 9.85. The van der Waals surface area contributed by atoms with Crippen molar-refractivity contribution >= 4 is 0 Å². The van der Waals surface area contributed by atoms with Gasteiger partial charge in [-0.1, -0.05) is 5.11 Å². The summed E-state index contributed by atoms with van der Waals surface area (Å²) >= 11 is 0. The van der Waals surface area contributed by atoms with Crippen molar-refractivity contribution in [2.45, 2.75) is 0 Å². The second kappa shape index (κ2) is 8.49. The Morgan fingerprint density at radius 1 is 1.07 bits per heavy atom. The maximum Gasteiger partial charge on any atom is 0.102 e. The molecule has 0 aliphatic rings. The molecule has 0 heterocycles. The van der Waals surface area contributed by atoms with Crippen molar-refractivity contribution in [3.8, 4) is 0 Å². The number of rotatable bonds is 9. The zero-order valence-corrected chi connectivity index (χ0v) is 9.85. The molecule has 0 atom stereocenters. The fraction of sp³-hybridized carbons (Fsp3) is 1.00. The van der Waals surface area contributed by atoms with Crippen LogP contribution in [0.2, 0.25) is 0 Å². The summed E-state index contributed by atoms with van der Waals surface area (Å²) in [6.07, 6.45) is 0. The molecule has 0 unspecified atom stereocenters. The number of nitrogens with zero attached hydrogens (tertiary/aromatic N) is 4. The molecule has 0 aromatic carbocycles. The number of likely N-dealkylation sites (N-methyl/N-ethyl adjacent to an activating group) is 1. The Labute approximate surface area is 91.0 Å². The summed E-state index contributed by atoms with van der Waals surface area (Å²) in [6, 6.07) is 0. The predicted molar refractivity (Wildman–Crippen MR) is 58.6 cm³/mol. The van der Waals surface area contributed by atoms with E-state index in [1.54, 1.807) is 0 Å². The lowest BCUT2D eigenvalue weighted by molar-refractivity contribution is -0.870. The van der Waals surface area contributed by atoms with Gasteiger partial charge in [0.25, 0.3) is 0 Å². The third-order valence-corrected chi connectivity index (χ3v) is 1.68. The fourth-order valence-corrected chi connectivity index (χ4v) is 0.810. The van der Waals surface area contributed by atoms with Gasteiger partial charge in [0.15, 0.2) is 0 Å². The highest BCUT2D eigenvalue weighted by atomic mass is 16.5. The topological polar surface area (TPSA) is 67.2 Å². The van der Waals surface area contributed by atoms with Crippen LogP contribution in [-0.2, 0) is 9.47 Å². The van der Waals surface area contributed by atoms with E-state index in [1.165, 1.54) is 0 Å². The van der Waals surface area contributed by atoms with Crippen LogP contribution in [0.4, 0.5) is 0 Å². The number of ether oxygens (including phenoxy) is 2. The molecule has 0 amide bonds. The molecule has 0 saturated heterocycles. The van der Waals surface area contributed by atoms with Crippen LogP contribution in [0, 0.1) is 0 Å². The molecule has 0 radical (unpaired) electrons. The molecule has 0 aliphatic carbocycles. The molecule has 0 N–H and O–H groups in total. The molecule has 0 fully saturated rings. The van der Waals surface area contributed by atoms with E-state index in [9.17, 15) is 0 Å². The molecule has 0 aliphatic heterocycles. The third kappa shape index (κ3) is 13.2. The van der Waals surface area contributed by atoms with E-state index in [-0.39, 0.29) is 0 Å². The van der Waals surface area contributed by atoms with Crippen molar-refractivity contribution in [3.63, 3.8) is 0 Å². The largest absolute Gasteiger partial charge is 0.379 e. The van der Waals surface area contributed by atoms with Crippen molar-refractivity contribution in [3.05, 3.63) is 10.4 Å². The molecule has 6 nitrogen and oxygen atoms in total. The SMILES string of the molecule is C[N+](C)(C)CCOCCOCCN=[N+]=[N-]. The summed E-state index contributed by atoms with van der Waals surface area (Å²) in [5.41, 5.74) is 7.99. The number of hydrogen-bond acceptors (Lipinski definition) is 3. The van der Waals surface area contributed by atoms with Crippen molar-refractivity contribution in [2.24, 2.45) is 5.11 Å². The quantitative estimate of drug-likeness (QED) is 0.190. The Bertz CT molecular complexity index is 197. The molecule has 6 heteroatoms. The summed E-state index contributed by atoms with van der Waals surface area (Å²) in [7, 11) is 6.37. The van der Waals surface area contributed by atoms with Crippen molar-refractivity contribution in [2.75, 3.05) is 60.7 Å². The minimum atomic E-state index is 0.384. The van der Waals surface area contributed by atoms with Gasteiger partial charge in [-0.15, -0.1) is 0 Å². The highest BCUT2D eigenvalue weighted by Crippen LogP contribution is 1.89. The zero-order chi connectivity index (χ0) is 11.6. The summed E-state index contributed by atoms with van der Waals surface area (Å²) in [6.45, 7) is 3.72. The van der Waals surface area contributed by atoms with Gasteiger partial charge in [-0.2, -0.15) is 0 Å². The van der Waals surface area contributed by atoms with Gasteiger partial charge in [-0.05, 0) is 5.53 Å². The minimum Gasteiger partial charge on any atom is -0.379 e. The Kier molecular flexibility index (Phi) is 8.04. The van der Waals surface area contributed by atoms with E-state index in [2.05, 4.69) is 31.2 Å². The highest BCUT2D eigenvalue weighted by molar-refractivity contribution is 4.43. The molecule has 88 valence electrons. The Balaban J connectivity index is 3.08. The van der Waals surface area contributed by atoms with Crippen molar-refractivity contribution in [1.29, 1.82) is 0 Å². The fourth-order valence-electron chi connectivity index (χ4n) is 0.810. The molecule has 0 aromatic heterocycles. The smallest absolute Gasteiger partial charge is 0.102 e. The van der Waals surface area contributed by atoms with Crippen LogP contribution in [0.5, 0.6) is 0 Å². The molecular formula is C9H21N4O2+. The molecule has 0 spiro atoms. The Hall–Kier alpha value is -0.810. The predicted octanol–water partition coefficient (Wildman–Crippen LogP) is 1.04. The third-order valence-electron chi connectivity index (χ3n) is 1.68. The molecular weight excluding hydrogens is 196 g/mol. The number of quaternary nitrogens is 1. The molecule has 15 heavy (non-hydrogen) atoms. The van der Waals surface area contributed by atoms with E-state index in [0.29, 0.717) is 26.4 Å². The van der Waals surface area contributed by atoms with Crippen LogP contribution in [0.15, 0.2) is 5.11 Å². The van der Waals surface area contributed by atoms with Crippen LogP contribution in [0.25, 0.3) is 10.4 Å². The maximum atomic E-state index is 7.99. The van der Waals surface area contributed by atoms with Gasteiger partial charge in [0, 0.05) is 11.5 Å². The first-order valence-electron chi connectivity index (χ1n) is 5.03. The highest BCUT2D eigenvalue weighted by Gasteiger charge is 2.05. The van der Waals surface area contributed by atoms with Gasteiger partial charge in [0.2, 0.25) is 0 Å². The van der Waals surface area contributed by atoms with Crippen LogP contribution in [0.1, 0.15) is 0 Å². The molecule has 0 rings (SSSR count). The van der Waals surface area contributed by atoms with Crippen LogP contribution >= 0.6 is 0 Å². The summed E-state index contributed by atoms with van der Waals surface area (Å²) in [5.74, 6) is 0. The number of hydrogen-bond donors (Lipinski definition) is 0. The Morgan fingerprint density at radius 2 is 1.67 bits per heavy atom. The first-order chi connectivity index (χ1) is 7.06. The van der Waals surface area contributed by atoms with Gasteiger partial charge in [0.1, 0.15) is 6.54 Å². The first-order valence-corrected chi connectivity index (χ1v) is 5.03. The van der Waals surface area contributed by atoms with Crippen LogP contribution in [-0.4, -0.2) is 65.1 Å². The van der Waals surface area contributed by atoms with Crippen LogP contribution < -0.4 is 0 Å². The minimum absolute atomic E-state index is 0.384. The van der Waals surface area contributed by atoms with Gasteiger partial charge in [-0.3, -0.25) is 0 Å². The van der Waals surface area contributed by atoms with Gasteiger partial charge < -0.3 is 14.0 Å². The van der Waals surface area contributed by atoms with Gasteiger partial charge in [-0.25, -0.2) is 0 Å². The van der Waals surface area contributed by atoms with Crippen LogP contribution in [0.3, 0.4) is 0 Å². The monoisotopic (exact) mass is 217 g/mol. The van der Waals surface area contributed by atoms with Gasteiger partial charge in [0.05, 0.1) is 47.6 Å².